The van der Waals surface area contributed by atoms with E-state index in [0.717, 1.165) is 37.7 Å². The van der Waals surface area contributed by atoms with Crippen molar-refractivity contribution in [3.8, 4) is 12.3 Å². The summed E-state index contributed by atoms with van der Waals surface area (Å²) in [4.78, 5) is 11.6. The molecule has 1 heteroatoms. The molecule has 0 aromatic rings. The van der Waals surface area contributed by atoms with Crippen LogP contribution >= 0.6 is 0 Å². The number of unbranched alkanes of at least 4 members (excludes halogenated alkanes) is 1. The second kappa shape index (κ2) is 6.05. The molecule has 17 heavy (non-hydrogen) atoms. The standard InChI is InChI=1S/C16H24O/c1-5-7-8-13(6-2)15-10-9-14(17)11-12-16(15,3)4/h2H,5,7-12H2,1,3-4H3/b15-13+. The number of hydrogen-bond donors (Lipinski definition) is 0. The molecule has 0 heterocycles. The summed E-state index contributed by atoms with van der Waals surface area (Å²) in [5.74, 6) is 3.26. The molecule has 0 aromatic heterocycles. The molecule has 0 radical (unpaired) electrons. The Morgan fingerprint density at radius 3 is 2.65 bits per heavy atom. The summed E-state index contributed by atoms with van der Waals surface area (Å²) >= 11 is 0. The van der Waals surface area contributed by atoms with Crippen LogP contribution in [0.15, 0.2) is 11.1 Å². The van der Waals surface area contributed by atoms with Crippen LogP contribution in [-0.2, 0) is 4.79 Å². The lowest BCUT2D eigenvalue weighted by atomic mass is 9.77. The first-order valence-corrected chi connectivity index (χ1v) is 6.72. The fourth-order valence-corrected chi connectivity index (χ4v) is 2.55. The van der Waals surface area contributed by atoms with Gasteiger partial charge in [0, 0.05) is 18.4 Å². The summed E-state index contributed by atoms with van der Waals surface area (Å²) in [5, 5.41) is 0. The minimum Gasteiger partial charge on any atom is -0.300 e. The van der Waals surface area contributed by atoms with Crippen LogP contribution < -0.4 is 0 Å². The van der Waals surface area contributed by atoms with E-state index in [2.05, 4.69) is 26.7 Å². The molecule has 0 atom stereocenters. The van der Waals surface area contributed by atoms with Gasteiger partial charge in [0.2, 0.25) is 0 Å². The van der Waals surface area contributed by atoms with Gasteiger partial charge in [0.15, 0.2) is 0 Å². The number of allylic oxidation sites excluding steroid dienone is 2. The average Bonchev–Trinajstić information content (AvgIpc) is 2.42. The smallest absolute Gasteiger partial charge is 0.133 e. The van der Waals surface area contributed by atoms with E-state index >= 15 is 0 Å². The van der Waals surface area contributed by atoms with Crippen molar-refractivity contribution in [3.63, 3.8) is 0 Å². The Morgan fingerprint density at radius 2 is 2.06 bits per heavy atom. The maximum Gasteiger partial charge on any atom is 0.133 e. The maximum atomic E-state index is 11.6. The molecular weight excluding hydrogens is 208 g/mol. The second-order valence-electron chi connectivity index (χ2n) is 5.63. The van der Waals surface area contributed by atoms with Gasteiger partial charge in [0.05, 0.1) is 0 Å². The van der Waals surface area contributed by atoms with Gasteiger partial charge in [-0.2, -0.15) is 0 Å². The molecule has 94 valence electrons. The van der Waals surface area contributed by atoms with E-state index < -0.39 is 0 Å². The molecule has 0 aromatic carbocycles. The van der Waals surface area contributed by atoms with Gasteiger partial charge in [-0.15, -0.1) is 6.42 Å². The number of carbonyl (C=O) groups excluding carboxylic acids is 1. The largest absolute Gasteiger partial charge is 0.300 e. The number of carbonyl (C=O) groups is 1. The predicted octanol–water partition coefficient (Wildman–Crippen LogP) is 4.28. The number of Topliss-reactive ketones (excluding diaryl/α,β-unsaturated/α-hetero) is 1. The zero-order valence-electron chi connectivity index (χ0n) is 11.4. The molecule has 0 bridgehead atoms. The van der Waals surface area contributed by atoms with E-state index in [1.807, 2.05) is 0 Å². The van der Waals surface area contributed by atoms with E-state index in [9.17, 15) is 4.79 Å². The quantitative estimate of drug-likeness (QED) is 0.524. The van der Waals surface area contributed by atoms with Crippen LogP contribution in [0.25, 0.3) is 0 Å². The monoisotopic (exact) mass is 232 g/mol. The maximum absolute atomic E-state index is 11.6. The van der Waals surface area contributed by atoms with Gasteiger partial charge in [0.25, 0.3) is 0 Å². The van der Waals surface area contributed by atoms with Gasteiger partial charge in [-0.3, -0.25) is 4.79 Å². The molecule has 1 fully saturated rings. The Kier molecular flexibility index (Phi) is 5.00. The molecule has 0 saturated heterocycles. The third kappa shape index (κ3) is 3.73. The Hall–Kier alpha value is -1.03. The lowest BCUT2D eigenvalue weighted by Crippen LogP contribution is -2.15. The highest BCUT2D eigenvalue weighted by atomic mass is 16.1. The third-order valence-electron chi connectivity index (χ3n) is 3.82. The van der Waals surface area contributed by atoms with Gasteiger partial charge >= 0.3 is 0 Å². The van der Waals surface area contributed by atoms with Gasteiger partial charge in [-0.1, -0.05) is 38.7 Å². The first-order valence-electron chi connectivity index (χ1n) is 6.72. The molecule has 0 N–H and O–H groups in total. The van der Waals surface area contributed by atoms with E-state index in [-0.39, 0.29) is 5.41 Å². The number of terminal acetylenes is 1. The summed E-state index contributed by atoms with van der Waals surface area (Å²) in [5.41, 5.74) is 2.62. The number of ketones is 1. The van der Waals surface area contributed by atoms with Crippen molar-refractivity contribution in [3.05, 3.63) is 11.1 Å². The Bertz CT molecular complexity index is 352. The molecule has 0 aliphatic heterocycles. The van der Waals surface area contributed by atoms with Crippen LogP contribution in [0.4, 0.5) is 0 Å². The summed E-state index contributed by atoms with van der Waals surface area (Å²) in [6.07, 6.45) is 12.2. The van der Waals surface area contributed by atoms with E-state index in [4.69, 9.17) is 6.42 Å². The molecule has 1 saturated carbocycles. The highest BCUT2D eigenvalue weighted by molar-refractivity contribution is 5.79. The van der Waals surface area contributed by atoms with Gasteiger partial charge in [-0.25, -0.2) is 0 Å². The van der Waals surface area contributed by atoms with Crippen molar-refractivity contribution in [2.45, 2.75) is 65.7 Å². The zero-order chi connectivity index (χ0) is 12.9. The Labute approximate surface area is 106 Å². The first-order chi connectivity index (χ1) is 8.01. The number of rotatable bonds is 3. The Morgan fingerprint density at radius 1 is 1.35 bits per heavy atom. The van der Waals surface area contributed by atoms with Crippen LogP contribution in [-0.4, -0.2) is 5.78 Å². The van der Waals surface area contributed by atoms with Crippen LogP contribution in [0, 0.1) is 17.8 Å². The SMILES string of the molecule is C#C/C(CCCC)=C1/CCC(=O)CCC1(C)C. The summed E-state index contributed by atoms with van der Waals surface area (Å²) in [7, 11) is 0. The van der Waals surface area contributed by atoms with Crippen molar-refractivity contribution in [2.75, 3.05) is 0 Å². The van der Waals surface area contributed by atoms with Crippen molar-refractivity contribution >= 4 is 5.78 Å². The second-order valence-corrected chi connectivity index (χ2v) is 5.63. The first kappa shape index (κ1) is 14.0. The molecule has 1 rings (SSSR count). The van der Waals surface area contributed by atoms with Crippen LogP contribution in [0.1, 0.15) is 65.7 Å². The molecule has 0 amide bonds. The van der Waals surface area contributed by atoms with Gasteiger partial charge in [-0.05, 0) is 31.1 Å². The topological polar surface area (TPSA) is 17.1 Å². The minimum absolute atomic E-state index is 0.0988. The van der Waals surface area contributed by atoms with Crippen LogP contribution in [0.3, 0.4) is 0 Å². The molecule has 0 spiro atoms. The van der Waals surface area contributed by atoms with Crippen molar-refractivity contribution < 1.29 is 4.79 Å². The molecule has 1 aliphatic rings. The molecule has 0 unspecified atom stereocenters. The molecule has 1 aliphatic carbocycles. The summed E-state index contributed by atoms with van der Waals surface area (Å²) < 4.78 is 0. The fraction of sp³-hybridized carbons (Fsp3) is 0.688. The van der Waals surface area contributed by atoms with Gasteiger partial charge < -0.3 is 0 Å². The lowest BCUT2D eigenvalue weighted by Gasteiger charge is -2.27. The highest BCUT2D eigenvalue weighted by Crippen LogP contribution is 2.40. The predicted molar refractivity (Wildman–Crippen MR) is 72.6 cm³/mol. The number of hydrogen-bond acceptors (Lipinski definition) is 1. The highest BCUT2D eigenvalue weighted by Gasteiger charge is 2.29. The van der Waals surface area contributed by atoms with Crippen molar-refractivity contribution in [1.82, 2.24) is 0 Å². The van der Waals surface area contributed by atoms with E-state index in [1.165, 1.54) is 5.57 Å². The third-order valence-corrected chi connectivity index (χ3v) is 3.82. The van der Waals surface area contributed by atoms with E-state index in [0.29, 0.717) is 18.6 Å². The van der Waals surface area contributed by atoms with Crippen LogP contribution in [0.2, 0.25) is 0 Å². The fourth-order valence-electron chi connectivity index (χ4n) is 2.55. The summed E-state index contributed by atoms with van der Waals surface area (Å²) in [6.45, 7) is 6.63. The van der Waals surface area contributed by atoms with E-state index in [1.54, 1.807) is 0 Å². The van der Waals surface area contributed by atoms with Gasteiger partial charge in [0.1, 0.15) is 5.78 Å². The minimum atomic E-state index is 0.0988. The molecular formula is C16H24O. The normalized spacial score (nSPS) is 22.8. The lowest BCUT2D eigenvalue weighted by molar-refractivity contribution is -0.119. The average molecular weight is 232 g/mol. The summed E-state index contributed by atoms with van der Waals surface area (Å²) in [6, 6.07) is 0. The van der Waals surface area contributed by atoms with Crippen molar-refractivity contribution in [1.29, 1.82) is 0 Å². The zero-order valence-corrected chi connectivity index (χ0v) is 11.4. The van der Waals surface area contributed by atoms with Crippen molar-refractivity contribution in [2.24, 2.45) is 5.41 Å². The Balaban J connectivity index is 3.00. The molecule has 1 nitrogen and oxygen atoms in total. The van der Waals surface area contributed by atoms with Crippen LogP contribution in [0.5, 0.6) is 0 Å².